The smallest absolute Gasteiger partial charge is 0.222 e. The van der Waals surface area contributed by atoms with Gasteiger partial charge in [0.25, 0.3) is 0 Å². The predicted octanol–water partition coefficient (Wildman–Crippen LogP) is 1.03. The number of rotatable bonds is 9. The molecule has 0 unspecified atom stereocenters. The maximum atomic E-state index is 11.9. The van der Waals surface area contributed by atoms with E-state index in [-0.39, 0.29) is 5.91 Å². The number of carbonyl (C=O) groups excluding carboxylic acids is 1. The first-order valence-corrected chi connectivity index (χ1v) is 7.39. The summed E-state index contributed by atoms with van der Waals surface area (Å²) in [7, 11) is 1.91. The quantitative estimate of drug-likeness (QED) is 0.637. The molecule has 1 heterocycles. The zero-order valence-electron chi connectivity index (χ0n) is 12.3. The van der Waals surface area contributed by atoms with Crippen LogP contribution in [0.2, 0.25) is 0 Å². The van der Waals surface area contributed by atoms with Crippen molar-refractivity contribution in [1.29, 1.82) is 0 Å². The summed E-state index contributed by atoms with van der Waals surface area (Å²) >= 11 is 0. The molecule has 1 fully saturated rings. The van der Waals surface area contributed by atoms with E-state index < -0.39 is 0 Å². The number of nitrogens with one attached hydrogen (secondary N) is 1. The van der Waals surface area contributed by atoms with Gasteiger partial charge in [0, 0.05) is 26.1 Å². The van der Waals surface area contributed by atoms with Gasteiger partial charge in [-0.25, -0.2) is 0 Å². The van der Waals surface area contributed by atoms with Crippen LogP contribution in [0, 0.1) is 0 Å². The van der Waals surface area contributed by atoms with Gasteiger partial charge in [-0.15, -0.1) is 0 Å². The molecule has 0 saturated carbocycles. The molecular weight excluding hydrogens is 244 g/mol. The molecule has 0 aliphatic carbocycles. The zero-order chi connectivity index (χ0) is 13.9. The average molecular weight is 272 g/mol. The van der Waals surface area contributed by atoms with Crippen LogP contribution in [0.5, 0.6) is 0 Å². The largest absolute Gasteiger partial charge is 0.379 e. The minimum Gasteiger partial charge on any atom is -0.379 e. The fourth-order valence-corrected chi connectivity index (χ4v) is 2.26. The van der Waals surface area contributed by atoms with Crippen LogP contribution in [0.3, 0.4) is 0 Å². The molecule has 5 nitrogen and oxygen atoms in total. The normalized spacial score (nSPS) is 16.8. The van der Waals surface area contributed by atoms with Crippen LogP contribution in [0.25, 0.3) is 0 Å². The molecule has 0 bridgehead atoms. The Morgan fingerprint density at radius 1 is 1.32 bits per heavy atom. The molecule has 0 aromatic heterocycles. The van der Waals surface area contributed by atoms with Crippen molar-refractivity contribution in [3.05, 3.63) is 0 Å². The van der Waals surface area contributed by atoms with E-state index in [9.17, 15) is 4.79 Å². The van der Waals surface area contributed by atoms with Gasteiger partial charge in [0.05, 0.1) is 19.3 Å². The van der Waals surface area contributed by atoms with E-state index in [4.69, 9.17) is 9.47 Å². The molecule has 112 valence electrons. The molecule has 0 spiro atoms. The molecule has 0 radical (unpaired) electrons. The summed E-state index contributed by atoms with van der Waals surface area (Å²) < 4.78 is 11.0. The maximum Gasteiger partial charge on any atom is 0.222 e. The molecule has 19 heavy (non-hydrogen) atoms. The fourth-order valence-electron chi connectivity index (χ4n) is 2.26. The van der Waals surface area contributed by atoms with Crippen LogP contribution < -0.4 is 5.32 Å². The lowest BCUT2D eigenvalue weighted by Gasteiger charge is -2.32. The number of nitrogens with zero attached hydrogens (tertiary/aromatic N) is 1. The minimum atomic E-state index is 0.281. The Hall–Kier alpha value is -0.650. The molecule has 1 aliphatic heterocycles. The zero-order valence-corrected chi connectivity index (χ0v) is 12.3. The Kier molecular flexibility index (Phi) is 8.79. The van der Waals surface area contributed by atoms with Crippen LogP contribution in [0.15, 0.2) is 0 Å². The van der Waals surface area contributed by atoms with Crippen molar-refractivity contribution in [3.8, 4) is 0 Å². The van der Waals surface area contributed by atoms with Gasteiger partial charge in [-0.2, -0.15) is 0 Å². The predicted molar refractivity (Wildman–Crippen MR) is 75.2 cm³/mol. The minimum absolute atomic E-state index is 0.281. The van der Waals surface area contributed by atoms with Crippen molar-refractivity contribution in [3.63, 3.8) is 0 Å². The summed E-state index contributed by atoms with van der Waals surface area (Å²) in [5, 5.41) is 3.06. The van der Waals surface area contributed by atoms with E-state index in [1.54, 1.807) is 0 Å². The van der Waals surface area contributed by atoms with Crippen molar-refractivity contribution >= 4 is 5.91 Å². The lowest BCUT2D eigenvalue weighted by Crippen LogP contribution is -2.41. The standard InChI is InChI=1S/C14H28N2O3/c1-3-18-11-12-19-13-6-9-16(10-7-13)14(17)5-4-8-15-2/h13,15H,3-12H2,1-2H3. The molecule has 1 aliphatic rings. The van der Waals surface area contributed by atoms with Gasteiger partial charge >= 0.3 is 0 Å². The van der Waals surface area contributed by atoms with Crippen molar-refractivity contribution in [2.45, 2.75) is 38.7 Å². The van der Waals surface area contributed by atoms with Gasteiger partial charge in [0.1, 0.15) is 0 Å². The molecule has 5 heteroatoms. The number of carbonyl (C=O) groups is 1. The molecule has 0 aromatic carbocycles. The van der Waals surface area contributed by atoms with Gasteiger partial charge in [0.15, 0.2) is 0 Å². The number of likely N-dealkylation sites (tertiary alicyclic amines) is 1. The summed E-state index contributed by atoms with van der Waals surface area (Å²) in [6.07, 6.45) is 3.76. The average Bonchev–Trinajstić information content (AvgIpc) is 2.44. The fraction of sp³-hybridized carbons (Fsp3) is 0.929. The molecule has 1 amide bonds. The van der Waals surface area contributed by atoms with E-state index in [1.807, 2.05) is 18.9 Å². The second-order valence-electron chi connectivity index (χ2n) is 4.85. The van der Waals surface area contributed by atoms with Gasteiger partial charge in [-0.1, -0.05) is 0 Å². The Balaban J connectivity index is 2.09. The first-order chi connectivity index (χ1) is 9.27. The molecule has 1 rings (SSSR count). The molecule has 0 aromatic rings. The van der Waals surface area contributed by atoms with Crippen LogP contribution >= 0.6 is 0 Å². The molecular formula is C14H28N2O3. The maximum absolute atomic E-state index is 11.9. The highest BCUT2D eigenvalue weighted by molar-refractivity contribution is 5.76. The van der Waals surface area contributed by atoms with Crippen LogP contribution in [0.1, 0.15) is 32.6 Å². The number of amides is 1. The highest BCUT2D eigenvalue weighted by Crippen LogP contribution is 2.14. The number of hydrogen-bond donors (Lipinski definition) is 1. The number of ether oxygens (including phenoxy) is 2. The summed E-state index contributed by atoms with van der Waals surface area (Å²) in [5.74, 6) is 0.281. The number of piperidine rings is 1. The van der Waals surface area contributed by atoms with Crippen molar-refractivity contribution in [2.24, 2.45) is 0 Å². The highest BCUT2D eigenvalue weighted by atomic mass is 16.5. The number of hydrogen-bond acceptors (Lipinski definition) is 4. The first kappa shape index (κ1) is 16.4. The summed E-state index contributed by atoms with van der Waals surface area (Å²) in [5.41, 5.74) is 0. The van der Waals surface area contributed by atoms with Crippen molar-refractivity contribution in [1.82, 2.24) is 10.2 Å². The van der Waals surface area contributed by atoms with Crippen molar-refractivity contribution < 1.29 is 14.3 Å². The monoisotopic (exact) mass is 272 g/mol. The second kappa shape index (κ2) is 10.2. The molecule has 0 atom stereocenters. The molecule has 1 saturated heterocycles. The highest BCUT2D eigenvalue weighted by Gasteiger charge is 2.22. The second-order valence-corrected chi connectivity index (χ2v) is 4.85. The molecule has 1 N–H and O–H groups in total. The van der Waals surface area contributed by atoms with Crippen LogP contribution in [-0.4, -0.2) is 63.4 Å². The lowest BCUT2D eigenvalue weighted by atomic mass is 10.1. The third-order valence-corrected chi connectivity index (χ3v) is 3.40. The first-order valence-electron chi connectivity index (χ1n) is 7.39. The van der Waals surface area contributed by atoms with Gasteiger partial charge < -0.3 is 19.7 Å². The third kappa shape index (κ3) is 6.89. The van der Waals surface area contributed by atoms with Crippen LogP contribution in [-0.2, 0) is 14.3 Å². The SMILES string of the molecule is CCOCCOC1CCN(C(=O)CCCNC)CC1. The van der Waals surface area contributed by atoms with Crippen molar-refractivity contribution in [2.75, 3.05) is 46.5 Å². The summed E-state index contributed by atoms with van der Waals surface area (Å²) in [4.78, 5) is 13.9. The van der Waals surface area contributed by atoms with E-state index in [2.05, 4.69) is 5.32 Å². The lowest BCUT2D eigenvalue weighted by molar-refractivity contribution is -0.134. The summed E-state index contributed by atoms with van der Waals surface area (Å²) in [6.45, 7) is 6.62. The Morgan fingerprint density at radius 3 is 2.68 bits per heavy atom. The van der Waals surface area contributed by atoms with Crippen LogP contribution in [0.4, 0.5) is 0 Å². The van der Waals surface area contributed by atoms with Gasteiger partial charge in [0.2, 0.25) is 5.91 Å². The topological polar surface area (TPSA) is 50.8 Å². The summed E-state index contributed by atoms with van der Waals surface area (Å²) in [6, 6.07) is 0. The Morgan fingerprint density at radius 2 is 2.05 bits per heavy atom. The Bertz CT molecular complexity index is 241. The van der Waals surface area contributed by atoms with E-state index in [1.165, 1.54) is 0 Å². The Labute approximate surface area is 116 Å². The van der Waals surface area contributed by atoms with E-state index >= 15 is 0 Å². The van der Waals surface area contributed by atoms with Gasteiger partial charge in [-0.05, 0) is 39.8 Å². The van der Waals surface area contributed by atoms with Gasteiger partial charge in [-0.3, -0.25) is 4.79 Å². The third-order valence-electron chi connectivity index (χ3n) is 3.40. The van der Waals surface area contributed by atoms with E-state index in [0.717, 1.165) is 45.5 Å². The van der Waals surface area contributed by atoms with E-state index in [0.29, 0.717) is 25.7 Å².